The van der Waals surface area contributed by atoms with Gasteiger partial charge in [-0.2, -0.15) is 0 Å². The molecule has 1 aliphatic heterocycles. The molecule has 0 saturated carbocycles. The molecule has 1 rings (SSSR count). The van der Waals surface area contributed by atoms with Gasteiger partial charge < -0.3 is 19.7 Å². The molecular formula is C7H10O6. The molecule has 0 amide bonds. The summed E-state index contributed by atoms with van der Waals surface area (Å²) in [6.07, 6.45) is -1.61. The Balaban J connectivity index is 2.76. The van der Waals surface area contributed by atoms with Crippen LogP contribution in [0, 0.1) is 0 Å². The van der Waals surface area contributed by atoms with Crippen LogP contribution in [-0.4, -0.2) is 34.2 Å². The number of cyclic esters (lactones) is 2. The normalized spacial score (nSPS) is 28.4. The first kappa shape index (κ1) is 9.94. The SMILES string of the molecule is CC1OC(=O)CCC(=O)OC1(O)O. The Morgan fingerprint density at radius 2 is 1.85 bits per heavy atom. The Morgan fingerprint density at radius 1 is 1.31 bits per heavy atom. The Bertz CT molecular complexity index is 233. The minimum atomic E-state index is -2.73. The fourth-order valence-electron chi connectivity index (χ4n) is 0.839. The molecule has 2 N–H and O–H groups in total. The van der Waals surface area contributed by atoms with E-state index >= 15 is 0 Å². The van der Waals surface area contributed by atoms with E-state index in [4.69, 9.17) is 10.2 Å². The molecule has 0 radical (unpaired) electrons. The Kier molecular flexibility index (Phi) is 2.53. The van der Waals surface area contributed by atoms with Gasteiger partial charge in [0.05, 0.1) is 12.8 Å². The van der Waals surface area contributed by atoms with E-state index in [0.29, 0.717) is 0 Å². The molecule has 74 valence electrons. The molecular weight excluding hydrogens is 180 g/mol. The van der Waals surface area contributed by atoms with Gasteiger partial charge in [0.1, 0.15) is 0 Å². The third-order valence-electron chi connectivity index (χ3n) is 1.64. The van der Waals surface area contributed by atoms with Crippen molar-refractivity contribution in [1.29, 1.82) is 0 Å². The summed E-state index contributed by atoms with van der Waals surface area (Å²) in [4.78, 5) is 21.6. The summed E-state index contributed by atoms with van der Waals surface area (Å²) in [6.45, 7) is 1.22. The number of rotatable bonds is 0. The van der Waals surface area contributed by atoms with E-state index in [-0.39, 0.29) is 12.8 Å². The van der Waals surface area contributed by atoms with Crippen LogP contribution in [0.3, 0.4) is 0 Å². The van der Waals surface area contributed by atoms with Gasteiger partial charge in [0.15, 0.2) is 6.10 Å². The minimum absolute atomic E-state index is 0.112. The molecule has 0 aromatic carbocycles. The number of carbonyl (C=O) groups excluding carboxylic acids is 2. The van der Waals surface area contributed by atoms with Gasteiger partial charge in [-0.25, -0.2) is 0 Å². The van der Waals surface area contributed by atoms with Crippen LogP contribution in [0.25, 0.3) is 0 Å². The average molecular weight is 190 g/mol. The summed E-state index contributed by atoms with van der Waals surface area (Å²) in [7, 11) is 0. The summed E-state index contributed by atoms with van der Waals surface area (Å²) >= 11 is 0. The first-order valence-corrected chi connectivity index (χ1v) is 3.78. The van der Waals surface area contributed by atoms with Gasteiger partial charge in [-0.05, 0) is 6.92 Å². The summed E-state index contributed by atoms with van der Waals surface area (Å²) in [5, 5.41) is 18.1. The average Bonchev–Trinajstić information content (AvgIpc) is 1.98. The van der Waals surface area contributed by atoms with Crippen LogP contribution in [0.1, 0.15) is 19.8 Å². The van der Waals surface area contributed by atoms with E-state index in [1.54, 1.807) is 0 Å². The maximum absolute atomic E-state index is 10.8. The van der Waals surface area contributed by atoms with Crippen LogP contribution in [0.4, 0.5) is 0 Å². The lowest BCUT2D eigenvalue weighted by atomic mass is 10.2. The standard InChI is InChI=1S/C7H10O6/c1-4-7(10,11)13-6(9)3-2-5(8)12-4/h4,10-11H,2-3H2,1H3. The molecule has 6 heteroatoms. The van der Waals surface area contributed by atoms with Gasteiger partial charge in [-0.3, -0.25) is 9.59 Å². The summed E-state index contributed by atoms with van der Waals surface area (Å²) < 4.78 is 8.77. The molecule has 0 aromatic rings. The van der Waals surface area contributed by atoms with Crippen molar-refractivity contribution in [2.24, 2.45) is 0 Å². The lowest BCUT2D eigenvalue weighted by Crippen LogP contribution is -2.48. The second-order valence-corrected chi connectivity index (χ2v) is 2.76. The molecule has 1 heterocycles. The predicted octanol–water partition coefficient (Wildman–Crippen LogP) is -1.11. The first-order valence-electron chi connectivity index (χ1n) is 3.78. The monoisotopic (exact) mass is 190 g/mol. The molecule has 1 atom stereocenters. The highest BCUT2D eigenvalue weighted by Gasteiger charge is 2.40. The maximum Gasteiger partial charge on any atom is 0.363 e. The zero-order valence-electron chi connectivity index (χ0n) is 7.02. The number of hydrogen-bond acceptors (Lipinski definition) is 6. The van der Waals surface area contributed by atoms with E-state index in [2.05, 4.69) is 9.47 Å². The van der Waals surface area contributed by atoms with Crippen LogP contribution in [0.2, 0.25) is 0 Å². The molecule has 0 bridgehead atoms. The molecule has 1 aliphatic rings. The summed E-state index contributed by atoms with van der Waals surface area (Å²) in [5.74, 6) is -4.22. The number of aliphatic hydroxyl groups is 2. The third-order valence-corrected chi connectivity index (χ3v) is 1.64. The van der Waals surface area contributed by atoms with Crippen molar-refractivity contribution >= 4 is 11.9 Å². The first-order chi connectivity index (χ1) is 5.92. The van der Waals surface area contributed by atoms with Gasteiger partial charge in [0.2, 0.25) is 0 Å². The van der Waals surface area contributed by atoms with Gasteiger partial charge in [0.25, 0.3) is 0 Å². The Hall–Kier alpha value is -1.14. The fourth-order valence-corrected chi connectivity index (χ4v) is 0.839. The number of esters is 2. The van der Waals surface area contributed by atoms with Crippen molar-refractivity contribution in [1.82, 2.24) is 0 Å². The van der Waals surface area contributed by atoms with Crippen LogP contribution in [0.5, 0.6) is 0 Å². The van der Waals surface area contributed by atoms with Crippen molar-refractivity contribution < 1.29 is 29.3 Å². The topological polar surface area (TPSA) is 93.1 Å². The number of carbonyl (C=O) groups is 2. The molecule has 0 aliphatic carbocycles. The Labute approximate surface area is 74.1 Å². The largest absolute Gasteiger partial charge is 0.453 e. The zero-order chi connectivity index (χ0) is 10.1. The van der Waals surface area contributed by atoms with Crippen LogP contribution in [0.15, 0.2) is 0 Å². The summed E-state index contributed by atoms with van der Waals surface area (Å²) in [6, 6.07) is 0. The smallest absolute Gasteiger partial charge is 0.363 e. The highest BCUT2D eigenvalue weighted by molar-refractivity contribution is 5.78. The summed E-state index contributed by atoms with van der Waals surface area (Å²) in [5.41, 5.74) is 0. The van der Waals surface area contributed by atoms with Gasteiger partial charge in [0, 0.05) is 0 Å². The molecule has 1 fully saturated rings. The van der Waals surface area contributed by atoms with Crippen molar-refractivity contribution in [3.63, 3.8) is 0 Å². The van der Waals surface area contributed by atoms with E-state index in [0.717, 1.165) is 0 Å². The Morgan fingerprint density at radius 3 is 2.46 bits per heavy atom. The third kappa shape index (κ3) is 2.40. The van der Waals surface area contributed by atoms with Crippen LogP contribution in [-0.2, 0) is 19.1 Å². The van der Waals surface area contributed by atoms with Crippen molar-refractivity contribution in [3.8, 4) is 0 Å². The van der Waals surface area contributed by atoms with Gasteiger partial charge in [-0.15, -0.1) is 0 Å². The number of ether oxygens (including phenoxy) is 2. The highest BCUT2D eigenvalue weighted by atomic mass is 16.8. The molecule has 1 saturated heterocycles. The molecule has 1 unspecified atom stereocenters. The second kappa shape index (κ2) is 3.31. The van der Waals surface area contributed by atoms with E-state index in [9.17, 15) is 9.59 Å². The molecule has 0 aromatic heterocycles. The highest BCUT2D eigenvalue weighted by Crippen LogP contribution is 2.17. The lowest BCUT2D eigenvalue weighted by Gasteiger charge is -2.28. The quantitative estimate of drug-likeness (QED) is 0.372. The van der Waals surface area contributed by atoms with Crippen LogP contribution < -0.4 is 0 Å². The van der Waals surface area contributed by atoms with Crippen molar-refractivity contribution in [2.75, 3.05) is 0 Å². The second-order valence-electron chi connectivity index (χ2n) is 2.76. The minimum Gasteiger partial charge on any atom is -0.453 e. The van der Waals surface area contributed by atoms with Gasteiger partial charge >= 0.3 is 17.9 Å². The van der Waals surface area contributed by atoms with Crippen LogP contribution >= 0.6 is 0 Å². The van der Waals surface area contributed by atoms with Gasteiger partial charge in [-0.1, -0.05) is 0 Å². The van der Waals surface area contributed by atoms with Crippen molar-refractivity contribution in [3.05, 3.63) is 0 Å². The predicted molar refractivity (Wildman–Crippen MR) is 38.0 cm³/mol. The maximum atomic E-state index is 10.8. The van der Waals surface area contributed by atoms with E-state index in [1.165, 1.54) is 6.92 Å². The molecule has 13 heavy (non-hydrogen) atoms. The molecule has 6 nitrogen and oxygen atoms in total. The van der Waals surface area contributed by atoms with E-state index in [1.807, 2.05) is 0 Å². The molecule has 0 spiro atoms. The lowest BCUT2D eigenvalue weighted by molar-refractivity contribution is -0.358. The van der Waals surface area contributed by atoms with Crippen molar-refractivity contribution in [2.45, 2.75) is 31.8 Å². The fraction of sp³-hybridized carbons (Fsp3) is 0.714. The number of hydrogen-bond donors (Lipinski definition) is 2. The zero-order valence-corrected chi connectivity index (χ0v) is 7.02. The van der Waals surface area contributed by atoms with E-state index < -0.39 is 24.0 Å².